The van der Waals surface area contributed by atoms with E-state index < -0.39 is 0 Å². The molecule has 0 spiro atoms. The van der Waals surface area contributed by atoms with Crippen molar-refractivity contribution in [1.82, 2.24) is 19.9 Å². The van der Waals surface area contributed by atoms with Crippen molar-refractivity contribution in [3.8, 4) is 0 Å². The molecule has 84 valence electrons. The maximum Gasteiger partial charge on any atom is 0.270 e. The molecule has 2 rings (SSSR count). The van der Waals surface area contributed by atoms with Crippen molar-refractivity contribution in [2.75, 3.05) is 6.54 Å². The number of thiazole rings is 1. The third kappa shape index (κ3) is 2.46. The van der Waals surface area contributed by atoms with Crippen LogP contribution in [0.2, 0.25) is 0 Å². The number of imidazole rings is 1. The summed E-state index contributed by atoms with van der Waals surface area (Å²) in [5, 5.41) is 4.53. The van der Waals surface area contributed by atoms with Gasteiger partial charge in [-0.25, -0.2) is 9.97 Å². The molecule has 2 heterocycles. The number of aromatic nitrogens is 3. The molecule has 0 aliphatic carbocycles. The van der Waals surface area contributed by atoms with E-state index in [0.717, 1.165) is 12.2 Å². The van der Waals surface area contributed by atoms with Gasteiger partial charge in [0.15, 0.2) is 0 Å². The maximum atomic E-state index is 11.5. The van der Waals surface area contributed by atoms with Crippen LogP contribution < -0.4 is 5.32 Å². The summed E-state index contributed by atoms with van der Waals surface area (Å²) >= 11 is 1.41. The molecular weight excluding hydrogens is 224 g/mol. The average molecular weight is 236 g/mol. The second-order valence-electron chi connectivity index (χ2n) is 3.33. The van der Waals surface area contributed by atoms with E-state index in [-0.39, 0.29) is 5.91 Å². The van der Waals surface area contributed by atoms with E-state index in [1.54, 1.807) is 17.1 Å². The fourth-order valence-corrected chi connectivity index (χ4v) is 1.87. The zero-order chi connectivity index (χ0) is 11.4. The zero-order valence-electron chi connectivity index (χ0n) is 8.88. The van der Waals surface area contributed by atoms with E-state index in [2.05, 4.69) is 15.3 Å². The van der Waals surface area contributed by atoms with E-state index in [9.17, 15) is 4.79 Å². The van der Waals surface area contributed by atoms with E-state index in [4.69, 9.17) is 0 Å². The molecule has 0 aromatic carbocycles. The molecule has 0 saturated carbocycles. The molecule has 1 N–H and O–H groups in total. The average Bonchev–Trinajstić information content (AvgIpc) is 2.90. The number of nitrogens with one attached hydrogen (secondary N) is 1. The quantitative estimate of drug-likeness (QED) is 0.856. The minimum Gasteiger partial charge on any atom is -0.350 e. The molecule has 0 fully saturated rings. The van der Waals surface area contributed by atoms with Gasteiger partial charge in [-0.2, -0.15) is 0 Å². The van der Waals surface area contributed by atoms with Crippen LogP contribution in [0.3, 0.4) is 0 Å². The first-order chi connectivity index (χ1) is 7.77. The normalized spacial score (nSPS) is 10.3. The largest absolute Gasteiger partial charge is 0.350 e. The molecule has 0 radical (unpaired) electrons. The van der Waals surface area contributed by atoms with Gasteiger partial charge < -0.3 is 9.88 Å². The van der Waals surface area contributed by atoms with Gasteiger partial charge in [0.1, 0.15) is 11.5 Å². The van der Waals surface area contributed by atoms with Crippen molar-refractivity contribution >= 4 is 17.2 Å². The monoisotopic (exact) mass is 236 g/mol. The van der Waals surface area contributed by atoms with E-state index >= 15 is 0 Å². The minimum absolute atomic E-state index is 0.129. The summed E-state index contributed by atoms with van der Waals surface area (Å²) < 4.78 is 1.94. The Bertz CT molecular complexity index is 463. The van der Waals surface area contributed by atoms with Gasteiger partial charge in [0, 0.05) is 37.8 Å². The van der Waals surface area contributed by atoms with Crippen LogP contribution in [0.25, 0.3) is 0 Å². The lowest BCUT2D eigenvalue weighted by Crippen LogP contribution is -2.26. The summed E-state index contributed by atoms with van der Waals surface area (Å²) in [6.07, 6.45) is 4.36. The fourth-order valence-electron chi connectivity index (χ4n) is 1.34. The van der Waals surface area contributed by atoms with E-state index in [1.807, 2.05) is 17.8 Å². The van der Waals surface area contributed by atoms with Gasteiger partial charge in [0.25, 0.3) is 5.91 Å². The van der Waals surface area contributed by atoms with Gasteiger partial charge >= 0.3 is 0 Å². The van der Waals surface area contributed by atoms with Crippen LogP contribution in [0, 0.1) is 0 Å². The Morgan fingerprint density at radius 3 is 3.06 bits per heavy atom. The summed E-state index contributed by atoms with van der Waals surface area (Å²) in [5.74, 6) is 0.828. The fraction of sp³-hybridized carbons (Fsp3) is 0.300. The van der Waals surface area contributed by atoms with Gasteiger partial charge in [0.05, 0.1) is 5.51 Å². The van der Waals surface area contributed by atoms with Crippen molar-refractivity contribution in [2.24, 2.45) is 7.05 Å². The maximum absolute atomic E-state index is 11.5. The topological polar surface area (TPSA) is 59.8 Å². The number of nitrogens with zero attached hydrogens (tertiary/aromatic N) is 3. The van der Waals surface area contributed by atoms with Crippen LogP contribution in [0.15, 0.2) is 23.3 Å². The van der Waals surface area contributed by atoms with Crippen LogP contribution in [-0.2, 0) is 13.5 Å². The third-order valence-electron chi connectivity index (χ3n) is 2.22. The number of aryl methyl sites for hydroxylation is 1. The number of rotatable bonds is 4. The number of amides is 1. The lowest BCUT2D eigenvalue weighted by atomic mass is 10.3. The Labute approximate surface area is 97.2 Å². The van der Waals surface area contributed by atoms with Crippen molar-refractivity contribution in [3.63, 3.8) is 0 Å². The highest BCUT2D eigenvalue weighted by molar-refractivity contribution is 7.07. The first kappa shape index (κ1) is 10.8. The van der Waals surface area contributed by atoms with Crippen LogP contribution in [-0.4, -0.2) is 27.0 Å². The minimum atomic E-state index is -0.129. The van der Waals surface area contributed by atoms with Gasteiger partial charge in [-0.05, 0) is 0 Å². The molecule has 0 aliphatic rings. The predicted octanol–water partition coefficient (Wildman–Crippen LogP) is 0.849. The predicted molar refractivity (Wildman–Crippen MR) is 61.4 cm³/mol. The zero-order valence-corrected chi connectivity index (χ0v) is 9.70. The van der Waals surface area contributed by atoms with Crippen LogP contribution >= 0.6 is 11.3 Å². The summed E-state index contributed by atoms with van der Waals surface area (Å²) in [6.45, 7) is 0.571. The molecule has 0 saturated heterocycles. The Balaban J connectivity index is 1.81. The highest BCUT2D eigenvalue weighted by Crippen LogP contribution is 2.00. The molecule has 2 aromatic rings. The smallest absolute Gasteiger partial charge is 0.270 e. The summed E-state index contributed by atoms with van der Waals surface area (Å²) in [7, 11) is 1.94. The van der Waals surface area contributed by atoms with E-state index in [0.29, 0.717) is 12.2 Å². The lowest BCUT2D eigenvalue weighted by Gasteiger charge is -2.03. The van der Waals surface area contributed by atoms with Gasteiger partial charge in [-0.1, -0.05) is 0 Å². The van der Waals surface area contributed by atoms with Crippen LogP contribution in [0.5, 0.6) is 0 Å². The molecule has 0 atom stereocenters. The molecular formula is C10H12N4OS. The van der Waals surface area contributed by atoms with Crippen LogP contribution in [0.1, 0.15) is 16.3 Å². The first-order valence-corrected chi connectivity index (χ1v) is 5.84. The SMILES string of the molecule is Cn1ccnc1CCNC(=O)c1cscn1. The molecule has 2 aromatic heterocycles. The summed E-state index contributed by atoms with van der Waals surface area (Å²) in [5.41, 5.74) is 2.12. The lowest BCUT2D eigenvalue weighted by molar-refractivity contribution is 0.0949. The van der Waals surface area contributed by atoms with Crippen molar-refractivity contribution in [1.29, 1.82) is 0 Å². The number of carbonyl (C=O) groups is 1. The summed E-state index contributed by atoms with van der Waals surface area (Å²) in [4.78, 5) is 19.6. The first-order valence-electron chi connectivity index (χ1n) is 4.90. The molecule has 16 heavy (non-hydrogen) atoms. The molecule has 0 bridgehead atoms. The highest BCUT2D eigenvalue weighted by Gasteiger charge is 2.06. The number of hydrogen-bond acceptors (Lipinski definition) is 4. The molecule has 6 heteroatoms. The number of hydrogen-bond donors (Lipinski definition) is 1. The van der Waals surface area contributed by atoms with Gasteiger partial charge in [0.2, 0.25) is 0 Å². The standard InChI is InChI=1S/C10H12N4OS/c1-14-5-4-11-9(14)2-3-12-10(15)8-6-16-7-13-8/h4-7H,2-3H2,1H3,(H,12,15). The molecule has 0 aliphatic heterocycles. The van der Waals surface area contributed by atoms with Crippen molar-refractivity contribution in [3.05, 3.63) is 34.8 Å². The van der Waals surface area contributed by atoms with Crippen molar-refractivity contribution in [2.45, 2.75) is 6.42 Å². The van der Waals surface area contributed by atoms with Gasteiger partial charge in [-0.3, -0.25) is 4.79 Å². The Morgan fingerprint density at radius 2 is 2.44 bits per heavy atom. The second kappa shape index (κ2) is 4.89. The van der Waals surface area contributed by atoms with E-state index in [1.165, 1.54) is 11.3 Å². The summed E-state index contributed by atoms with van der Waals surface area (Å²) in [6, 6.07) is 0. The second-order valence-corrected chi connectivity index (χ2v) is 4.05. The van der Waals surface area contributed by atoms with Gasteiger partial charge in [-0.15, -0.1) is 11.3 Å². The highest BCUT2D eigenvalue weighted by atomic mass is 32.1. The molecule has 1 amide bonds. The Morgan fingerprint density at radius 1 is 1.56 bits per heavy atom. The Kier molecular flexibility index (Phi) is 3.31. The van der Waals surface area contributed by atoms with Crippen LogP contribution in [0.4, 0.5) is 0 Å². The molecule has 5 nitrogen and oxygen atoms in total. The number of carbonyl (C=O) groups excluding carboxylic acids is 1. The third-order valence-corrected chi connectivity index (χ3v) is 2.81. The Hall–Kier alpha value is -1.69. The molecule has 0 unspecified atom stereocenters. The van der Waals surface area contributed by atoms with Crippen molar-refractivity contribution < 1.29 is 4.79 Å².